The lowest BCUT2D eigenvalue weighted by Crippen LogP contribution is -2.53. The van der Waals surface area contributed by atoms with E-state index in [1.165, 1.54) is 49.4 Å². The number of methoxy groups -OCH3 is 1. The maximum Gasteiger partial charge on any atom is 0.308 e. The van der Waals surface area contributed by atoms with Gasteiger partial charge in [-0.3, -0.25) is 10.0 Å². The second-order valence-corrected chi connectivity index (χ2v) is 8.87. The normalized spacial score (nSPS) is 20.0. The molecule has 0 saturated heterocycles. The molecule has 1 aliphatic rings. The minimum atomic E-state index is -3.93. The zero-order valence-electron chi connectivity index (χ0n) is 13.5. The smallest absolute Gasteiger partial charge is 0.308 e. The fraction of sp³-hybridized carbons (Fsp3) is 0.267. The van der Waals surface area contributed by atoms with Crippen LogP contribution in [-0.4, -0.2) is 50.7 Å². The molecule has 1 amide bonds. The van der Waals surface area contributed by atoms with Gasteiger partial charge in [0.25, 0.3) is 0 Å². The second kappa shape index (κ2) is 6.98. The highest BCUT2D eigenvalue weighted by molar-refractivity contribution is 7.97. The van der Waals surface area contributed by atoms with Crippen molar-refractivity contribution in [3.8, 4) is 5.75 Å². The van der Waals surface area contributed by atoms with Crippen LogP contribution in [-0.2, 0) is 14.6 Å². The van der Waals surface area contributed by atoms with Crippen molar-refractivity contribution in [3.63, 3.8) is 0 Å². The van der Waals surface area contributed by atoms with Crippen LogP contribution < -0.4 is 10.2 Å². The van der Waals surface area contributed by atoms with E-state index in [0.717, 1.165) is 0 Å². The van der Waals surface area contributed by atoms with Crippen molar-refractivity contribution < 1.29 is 27.0 Å². The predicted octanol–water partition coefficient (Wildman–Crippen LogP) is 1.48. The van der Waals surface area contributed by atoms with Gasteiger partial charge in [0.1, 0.15) is 22.6 Å². The number of likely N-dealkylation sites (N-methyl/N-ethyl adjacent to an activating group) is 1. The Labute approximate surface area is 145 Å². The molecule has 1 heterocycles. The van der Waals surface area contributed by atoms with Gasteiger partial charge in [-0.2, -0.15) is 0 Å². The van der Waals surface area contributed by atoms with Crippen LogP contribution in [0.2, 0.25) is 0 Å². The molecule has 9 heteroatoms. The molecule has 0 aromatic heterocycles. The lowest BCUT2D eigenvalue weighted by molar-refractivity contribution is -0.761. The Bertz CT molecular complexity index is 783. The van der Waals surface area contributed by atoms with E-state index in [2.05, 4.69) is 0 Å². The average Bonchev–Trinajstić information content (AvgIpc) is 2.72. The Kier molecular flexibility index (Phi) is 5.38. The van der Waals surface area contributed by atoms with Crippen LogP contribution in [0.15, 0.2) is 51.6 Å². The molecule has 2 N–H and O–H groups in total. The monoisotopic (exact) mass is 371 g/mol. The number of rotatable bonds is 4. The molecular weight excluding hydrogens is 352 g/mol. The Morgan fingerprint density at radius 2 is 1.92 bits per heavy atom. The van der Waals surface area contributed by atoms with Crippen molar-refractivity contribution >= 4 is 27.7 Å². The first-order chi connectivity index (χ1) is 11.2. The van der Waals surface area contributed by atoms with E-state index in [9.17, 15) is 13.2 Å². The Morgan fingerprint density at radius 3 is 2.46 bits per heavy atom. The molecule has 130 valence electrons. The number of hydrogen-bond acceptors (Lipinski definition) is 6. The quantitative estimate of drug-likeness (QED) is 0.360. The number of ether oxygens (including phenoxy) is 1. The van der Waals surface area contributed by atoms with Crippen LogP contribution in [0.3, 0.4) is 0 Å². The molecule has 7 nitrogen and oxygen atoms in total. The van der Waals surface area contributed by atoms with Crippen LogP contribution in [0.5, 0.6) is 5.75 Å². The molecule has 0 spiro atoms. The maximum atomic E-state index is 13.0. The highest BCUT2D eigenvalue weighted by Gasteiger charge is 2.45. The van der Waals surface area contributed by atoms with Crippen molar-refractivity contribution in [1.29, 1.82) is 0 Å². The summed E-state index contributed by atoms with van der Waals surface area (Å²) in [6.07, 6.45) is 2.96. The fourth-order valence-corrected chi connectivity index (χ4v) is 4.93. The number of benzene rings is 1. The molecule has 0 bridgehead atoms. The first-order valence-electron chi connectivity index (χ1n) is 6.96. The molecule has 1 aromatic carbocycles. The fourth-order valence-electron chi connectivity index (χ4n) is 2.38. The van der Waals surface area contributed by atoms with Gasteiger partial charge in [0.2, 0.25) is 15.9 Å². The summed E-state index contributed by atoms with van der Waals surface area (Å²) < 4.78 is 31.1. The van der Waals surface area contributed by atoms with E-state index in [0.29, 0.717) is 5.75 Å². The lowest BCUT2D eigenvalue weighted by atomic mass is 10.2. The van der Waals surface area contributed by atoms with Crippen LogP contribution >= 0.6 is 11.9 Å². The van der Waals surface area contributed by atoms with E-state index in [-0.39, 0.29) is 13.7 Å². The summed E-state index contributed by atoms with van der Waals surface area (Å²) in [5.41, 5.74) is 1.57. The topological polar surface area (TPSA) is 92.7 Å². The minimum Gasteiger partial charge on any atom is -0.497 e. The van der Waals surface area contributed by atoms with Gasteiger partial charge in [-0.15, -0.1) is 0 Å². The standard InChI is InChI=1S/C15H18N2O5S2/c1-17(2)14(15(18)16-19)13(5-4-10-23-17)24(20,21)12-8-6-11(22-3)7-9-12/h4-10,14H,1-3H3,(H-,16,18,19)/p+1. The minimum absolute atomic E-state index is 0.0237. The van der Waals surface area contributed by atoms with Crippen LogP contribution in [0.4, 0.5) is 0 Å². The molecule has 0 radical (unpaired) electrons. The molecule has 24 heavy (non-hydrogen) atoms. The summed E-state index contributed by atoms with van der Waals surface area (Å²) in [4.78, 5) is 12.1. The first-order valence-corrected chi connectivity index (χ1v) is 9.28. The summed E-state index contributed by atoms with van der Waals surface area (Å²) in [7, 11) is 0.939. The van der Waals surface area contributed by atoms with Gasteiger partial charge in [0.15, 0.2) is 0 Å². The SMILES string of the molecule is COc1ccc(S(=O)(=O)C2=CC=CS[N+](C)(C)C2C(=O)NO)cc1. The van der Waals surface area contributed by atoms with E-state index in [4.69, 9.17) is 9.94 Å². The molecule has 0 saturated carbocycles. The summed E-state index contributed by atoms with van der Waals surface area (Å²) in [5, 5.41) is 10.8. The number of nitrogens with zero attached hydrogens (tertiary/aromatic N) is 1. The lowest BCUT2D eigenvalue weighted by Gasteiger charge is -2.33. The second-order valence-electron chi connectivity index (χ2n) is 5.49. The van der Waals surface area contributed by atoms with Crippen molar-refractivity contribution in [2.24, 2.45) is 0 Å². The summed E-state index contributed by atoms with van der Waals surface area (Å²) in [6.45, 7) is 0. The number of allylic oxidation sites excluding steroid dienone is 2. The number of sulfone groups is 1. The maximum absolute atomic E-state index is 13.0. The summed E-state index contributed by atoms with van der Waals surface area (Å²) in [5.74, 6) is -0.264. The third kappa shape index (κ3) is 3.48. The van der Waals surface area contributed by atoms with E-state index in [1.807, 2.05) is 0 Å². The molecular formula is C15H19N2O5S2+. The van der Waals surface area contributed by atoms with E-state index < -0.39 is 21.8 Å². The van der Waals surface area contributed by atoms with Crippen molar-refractivity contribution in [1.82, 2.24) is 5.48 Å². The van der Waals surface area contributed by atoms with Gasteiger partial charge in [-0.25, -0.2) is 17.8 Å². The van der Waals surface area contributed by atoms with Gasteiger partial charge in [0, 0.05) is 5.41 Å². The number of nitrogens with one attached hydrogen (secondary N) is 1. The van der Waals surface area contributed by atoms with Gasteiger partial charge < -0.3 is 4.74 Å². The van der Waals surface area contributed by atoms with E-state index in [1.54, 1.807) is 31.1 Å². The Balaban J connectivity index is 2.57. The van der Waals surface area contributed by atoms with Crippen LogP contribution in [0.1, 0.15) is 0 Å². The average molecular weight is 371 g/mol. The van der Waals surface area contributed by atoms with Crippen molar-refractivity contribution in [2.45, 2.75) is 10.9 Å². The van der Waals surface area contributed by atoms with Crippen LogP contribution in [0.25, 0.3) is 0 Å². The van der Waals surface area contributed by atoms with Crippen LogP contribution in [0, 0.1) is 0 Å². The zero-order chi connectivity index (χ0) is 18.0. The van der Waals surface area contributed by atoms with Gasteiger partial charge in [-0.1, -0.05) is 0 Å². The molecule has 1 atom stereocenters. The number of hydrogen-bond donors (Lipinski definition) is 2. The summed E-state index contributed by atoms with van der Waals surface area (Å²) >= 11 is 1.26. The third-order valence-corrected chi connectivity index (χ3v) is 6.51. The first kappa shape index (κ1) is 18.5. The number of carbonyl (C=O) groups is 1. The largest absolute Gasteiger partial charge is 0.497 e. The Hall–Kier alpha value is -1.81. The number of carbonyl (C=O) groups excluding carboxylic acids is 1. The predicted molar refractivity (Wildman–Crippen MR) is 90.8 cm³/mol. The Morgan fingerprint density at radius 1 is 1.29 bits per heavy atom. The molecule has 0 fully saturated rings. The number of amides is 1. The highest BCUT2D eigenvalue weighted by atomic mass is 32.2. The molecule has 1 unspecified atom stereocenters. The summed E-state index contributed by atoms with van der Waals surface area (Å²) in [6, 6.07) is 4.81. The molecule has 2 rings (SSSR count). The van der Waals surface area contributed by atoms with Gasteiger partial charge >= 0.3 is 5.91 Å². The molecule has 0 aliphatic carbocycles. The zero-order valence-corrected chi connectivity index (χ0v) is 15.1. The third-order valence-electron chi connectivity index (χ3n) is 3.60. The molecule has 1 aliphatic heterocycles. The number of hydroxylamine groups is 1. The highest BCUT2D eigenvalue weighted by Crippen LogP contribution is 2.35. The van der Waals surface area contributed by atoms with E-state index >= 15 is 0 Å². The van der Waals surface area contributed by atoms with Gasteiger partial charge in [-0.05, 0) is 36.4 Å². The van der Waals surface area contributed by atoms with Crippen molar-refractivity contribution in [3.05, 3.63) is 46.7 Å². The number of quaternary nitrogens is 1. The van der Waals surface area contributed by atoms with Crippen molar-refractivity contribution in [2.75, 3.05) is 21.2 Å². The van der Waals surface area contributed by atoms with Gasteiger partial charge in [0.05, 0.1) is 26.1 Å². The molecule has 1 aromatic rings.